The lowest BCUT2D eigenvalue weighted by Gasteiger charge is -2.26. The van der Waals surface area contributed by atoms with E-state index in [2.05, 4.69) is 20.5 Å². The summed E-state index contributed by atoms with van der Waals surface area (Å²) in [6.07, 6.45) is 3.18. The molecule has 5 rings (SSSR count). The number of aryl methyl sites for hydroxylation is 1. The number of hydrogen-bond acceptors (Lipinski definition) is 9. The van der Waals surface area contributed by atoms with Gasteiger partial charge in [0.1, 0.15) is 17.7 Å². The van der Waals surface area contributed by atoms with Gasteiger partial charge >= 0.3 is 5.97 Å². The Hall–Kier alpha value is -3.48. The number of ether oxygens (including phenoxy) is 1. The third-order valence-electron chi connectivity index (χ3n) is 9.43. The van der Waals surface area contributed by atoms with Gasteiger partial charge in [-0.15, -0.1) is 0 Å². The quantitative estimate of drug-likeness (QED) is 0.233. The van der Waals surface area contributed by atoms with Gasteiger partial charge in [0.15, 0.2) is 0 Å². The second-order valence-electron chi connectivity index (χ2n) is 12.8. The van der Waals surface area contributed by atoms with E-state index in [0.29, 0.717) is 25.7 Å². The number of hydrogen-bond donors (Lipinski definition) is 3. The van der Waals surface area contributed by atoms with E-state index in [1.807, 2.05) is 31.2 Å². The molecule has 44 heavy (non-hydrogen) atoms. The first kappa shape index (κ1) is 31.9. The molecule has 1 aromatic rings. The van der Waals surface area contributed by atoms with E-state index >= 15 is 0 Å². The molecule has 3 saturated carbocycles. The molecule has 3 fully saturated rings. The first-order valence-electron chi connectivity index (χ1n) is 15.5. The monoisotopic (exact) mass is 630 g/mol. The topological polar surface area (TPSA) is 169 Å². The number of esters is 1. The van der Waals surface area contributed by atoms with Crippen molar-refractivity contribution in [3.8, 4) is 0 Å². The lowest BCUT2D eigenvalue weighted by atomic mass is 9.92. The zero-order valence-corrected chi connectivity index (χ0v) is 26.4. The van der Waals surface area contributed by atoms with Crippen LogP contribution < -0.4 is 15.4 Å². The third kappa shape index (κ3) is 6.47. The Morgan fingerprint density at radius 1 is 1.05 bits per heavy atom. The summed E-state index contributed by atoms with van der Waals surface area (Å²) in [6, 6.07) is 7.03. The molecule has 3 N–H and O–H groups in total. The fourth-order valence-corrected chi connectivity index (χ4v) is 7.85. The lowest BCUT2D eigenvalue weighted by Crippen LogP contribution is -2.55. The molecule has 0 spiro atoms. The van der Waals surface area contributed by atoms with Crippen molar-refractivity contribution in [1.29, 1.82) is 0 Å². The Morgan fingerprint density at radius 2 is 1.73 bits per heavy atom. The van der Waals surface area contributed by atoms with Crippen molar-refractivity contribution in [2.24, 2.45) is 28.8 Å². The second-order valence-corrected chi connectivity index (χ2v) is 14.8. The summed E-state index contributed by atoms with van der Waals surface area (Å²) in [5.41, 5.74) is 1.63. The van der Waals surface area contributed by atoms with Crippen molar-refractivity contribution in [1.82, 2.24) is 15.4 Å². The lowest BCUT2D eigenvalue weighted by molar-refractivity contribution is -0.147. The smallest absolute Gasteiger partial charge is 0.328 e. The Balaban J connectivity index is 1.35. The second kappa shape index (κ2) is 12.5. The summed E-state index contributed by atoms with van der Waals surface area (Å²) in [6.45, 7) is 5.42. The van der Waals surface area contributed by atoms with Gasteiger partial charge in [-0.05, 0) is 62.3 Å². The highest BCUT2D eigenvalue weighted by molar-refractivity contribution is 7.91. The molecule has 0 aromatic heterocycles. The van der Waals surface area contributed by atoms with Crippen molar-refractivity contribution in [2.45, 2.75) is 95.1 Å². The van der Waals surface area contributed by atoms with Gasteiger partial charge in [-0.1, -0.05) is 56.6 Å². The predicted octanol–water partition coefficient (Wildman–Crippen LogP) is 1.96. The zero-order valence-electron chi connectivity index (χ0n) is 25.6. The number of benzene rings is 1. The molecule has 240 valence electrons. The van der Waals surface area contributed by atoms with Gasteiger partial charge in [0.05, 0.1) is 29.9 Å². The van der Waals surface area contributed by atoms with Gasteiger partial charge in [0, 0.05) is 5.56 Å². The molecule has 1 aromatic carbocycles. The van der Waals surface area contributed by atoms with Crippen LogP contribution in [0.4, 0.5) is 0 Å². The van der Waals surface area contributed by atoms with Crippen molar-refractivity contribution >= 4 is 39.4 Å². The van der Waals surface area contributed by atoms with E-state index in [0.717, 1.165) is 24.1 Å². The highest BCUT2D eigenvalue weighted by Gasteiger charge is 2.62. The minimum Gasteiger partial charge on any atom is -0.467 e. The van der Waals surface area contributed by atoms with Crippen LogP contribution in [0.15, 0.2) is 29.4 Å². The van der Waals surface area contributed by atoms with Crippen LogP contribution in [0.25, 0.3) is 0 Å². The number of nitrogens with one attached hydrogen (secondary N) is 3. The Morgan fingerprint density at radius 3 is 2.34 bits per heavy atom. The summed E-state index contributed by atoms with van der Waals surface area (Å²) < 4.78 is 32.1. The van der Waals surface area contributed by atoms with Gasteiger partial charge in [0.25, 0.3) is 5.91 Å². The highest BCUT2D eigenvalue weighted by atomic mass is 32.2. The van der Waals surface area contributed by atoms with E-state index in [1.54, 1.807) is 13.8 Å². The fraction of sp³-hybridized carbons (Fsp3) is 0.645. The van der Waals surface area contributed by atoms with Crippen LogP contribution >= 0.6 is 0 Å². The number of nitrogens with zero attached hydrogens (tertiary/aromatic N) is 1. The Bertz CT molecular complexity index is 1460. The average molecular weight is 631 g/mol. The van der Waals surface area contributed by atoms with Gasteiger partial charge in [-0.25, -0.2) is 13.2 Å². The number of oxime groups is 1. The molecule has 0 bridgehead atoms. The average Bonchev–Trinajstić information content (AvgIpc) is 3.89. The summed E-state index contributed by atoms with van der Waals surface area (Å²) in [4.78, 5) is 59.1. The number of amides is 3. The molecule has 3 amide bonds. The highest BCUT2D eigenvalue weighted by Crippen LogP contribution is 2.47. The van der Waals surface area contributed by atoms with Crippen LogP contribution in [0.3, 0.4) is 0 Å². The maximum absolute atomic E-state index is 13.9. The van der Waals surface area contributed by atoms with Crippen LogP contribution in [-0.2, 0) is 45.2 Å². The van der Waals surface area contributed by atoms with Crippen LogP contribution in [0.5, 0.6) is 0 Å². The first-order valence-corrected chi connectivity index (χ1v) is 17.0. The minimum absolute atomic E-state index is 0.155. The van der Waals surface area contributed by atoms with E-state index in [9.17, 15) is 27.6 Å². The molecule has 0 heterocycles. The summed E-state index contributed by atoms with van der Waals surface area (Å²) in [5, 5.41) is 9.42. The summed E-state index contributed by atoms with van der Waals surface area (Å²) >= 11 is 0. The molecular formula is C31H42N4O8S. The number of methoxy groups -OCH3 is 1. The van der Waals surface area contributed by atoms with Crippen molar-refractivity contribution in [3.05, 3.63) is 35.4 Å². The fourth-order valence-electron chi connectivity index (χ4n) is 6.49. The summed E-state index contributed by atoms with van der Waals surface area (Å²) in [5.74, 6) is -4.66. The van der Waals surface area contributed by atoms with Gasteiger partial charge in [0.2, 0.25) is 21.8 Å². The third-order valence-corrected chi connectivity index (χ3v) is 11.3. The predicted molar refractivity (Wildman–Crippen MR) is 161 cm³/mol. The number of rotatable bonds is 12. The zero-order chi connectivity index (χ0) is 31.8. The summed E-state index contributed by atoms with van der Waals surface area (Å²) in [7, 11) is -2.57. The van der Waals surface area contributed by atoms with E-state index in [-0.39, 0.29) is 24.7 Å². The van der Waals surface area contributed by atoms with Crippen molar-refractivity contribution in [3.63, 3.8) is 0 Å². The molecule has 1 unspecified atom stereocenters. The molecule has 0 aliphatic heterocycles. The SMILES string of the molecule is CC[C@@H]1C[C@]1(NC(=O)[C@@H]1C[C@@H](O/N=C2/CCc3ccccc32)C[C@H]1C(=O)NC(C(=O)OC)C(C)C)C(=O)NS(=O)(=O)C1CC1. The number of fused-ring (bicyclic) bond motifs is 1. The van der Waals surface area contributed by atoms with E-state index in [4.69, 9.17) is 9.57 Å². The van der Waals surface area contributed by atoms with Gasteiger partial charge in [-0.3, -0.25) is 19.1 Å². The standard InChI is InChI=1S/C31H42N4O8S/c1-5-19-16-31(19,30(39)35-44(40,41)21-11-12-21)33-28(37)24-15-20(43-34-25-13-10-18-8-6-7-9-22(18)25)14-23(24)27(36)32-26(17(2)3)29(38)42-4/h6-9,17,19-21,23-24,26H,5,10-16H2,1-4H3,(H,32,36)(H,33,37)(H,35,39)/b34-25-/t19-,20+,23-,24-,26?,31-/m1/s1. The minimum atomic E-state index is -3.81. The van der Waals surface area contributed by atoms with Crippen molar-refractivity contribution < 1.29 is 37.2 Å². The maximum Gasteiger partial charge on any atom is 0.328 e. The van der Waals surface area contributed by atoms with Crippen LogP contribution in [-0.4, -0.2) is 67.9 Å². The molecule has 13 heteroatoms. The van der Waals surface area contributed by atoms with Crippen LogP contribution in [0.1, 0.15) is 76.8 Å². The van der Waals surface area contributed by atoms with Gasteiger partial charge < -0.3 is 20.2 Å². The molecule has 0 saturated heterocycles. The maximum atomic E-state index is 13.9. The molecule has 0 radical (unpaired) electrons. The van der Waals surface area contributed by atoms with Crippen LogP contribution in [0.2, 0.25) is 0 Å². The molecule has 4 aliphatic rings. The number of sulfonamides is 1. The van der Waals surface area contributed by atoms with Gasteiger partial charge in [-0.2, -0.15) is 0 Å². The van der Waals surface area contributed by atoms with E-state index < -0.39 is 68.5 Å². The molecule has 4 aliphatic carbocycles. The number of carbonyl (C=O) groups excluding carboxylic acids is 4. The van der Waals surface area contributed by atoms with E-state index in [1.165, 1.54) is 12.7 Å². The van der Waals surface area contributed by atoms with Crippen LogP contribution in [0, 0.1) is 23.7 Å². The largest absolute Gasteiger partial charge is 0.467 e. The molecular weight excluding hydrogens is 588 g/mol. The Labute approximate surface area is 258 Å². The Kier molecular flexibility index (Phi) is 9.06. The van der Waals surface area contributed by atoms with Crippen molar-refractivity contribution in [2.75, 3.05) is 7.11 Å². The molecule has 6 atom stereocenters. The normalized spacial score (nSPS) is 29.1. The first-order chi connectivity index (χ1) is 20.9. The molecule has 12 nitrogen and oxygen atoms in total. The number of carbonyl (C=O) groups is 4.